The van der Waals surface area contributed by atoms with Gasteiger partial charge in [0.1, 0.15) is 0 Å². The highest BCUT2D eigenvalue weighted by atomic mass is 16.2. The molecular formula is C9H10N2O. The van der Waals surface area contributed by atoms with Gasteiger partial charge in [0, 0.05) is 5.56 Å². The first-order valence-corrected chi connectivity index (χ1v) is 3.84. The molecule has 0 fully saturated rings. The van der Waals surface area contributed by atoms with Gasteiger partial charge in [-0.1, -0.05) is 17.7 Å². The molecule has 62 valence electrons. The number of nitrogens with zero attached hydrogens (tertiary/aromatic N) is 1. The van der Waals surface area contributed by atoms with E-state index in [-0.39, 0.29) is 5.91 Å². The van der Waals surface area contributed by atoms with Crippen LogP contribution in [-0.4, -0.2) is 10.9 Å². The van der Waals surface area contributed by atoms with Crippen LogP contribution in [0, 0.1) is 6.92 Å². The lowest BCUT2D eigenvalue weighted by atomic mass is 10.1. The van der Waals surface area contributed by atoms with E-state index in [1.54, 1.807) is 0 Å². The molecule has 12 heavy (non-hydrogen) atoms. The Bertz CT molecular complexity index is 346. The topological polar surface area (TPSA) is 46.3 Å². The maximum absolute atomic E-state index is 11.3. The highest BCUT2D eigenvalue weighted by molar-refractivity contribution is 5.98. The predicted molar refractivity (Wildman–Crippen MR) is 45.2 cm³/mol. The lowest BCUT2D eigenvalue weighted by molar-refractivity contribution is 0.0778. The van der Waals surface area contributed by atoms with Crippen LogP contribution in [0.2, 0.25) is 0 Å². The van der Waals surface area contributed by atoms with Gasteiger partial charge < -0.3 is 0 Å². The molecular weight excluding hydrogens is 152 g/mol. The number of nitrogens with two attached hydrogens (primary N) is 1. The van der Waals surface area contributed by atoms with E-state index in [0.29, 0.717) is 6.54 Å². The molecule has 1 aromatic rings. The Hall–Kier alpha value is -1.35. The van der Waals surface area contributed by atoms with Crippen LogP contribution in [0.1, 0.15) is 21.5 Å². The summed E-state index contributed by atoms with van der Waals surface area (Å²) < 4.78 is 0. The molecule has 2 rings (SSSR count). The van der Waals surface area contributed by atoms with Crippen LogP contribution in [0.25, 0.3) is 0 Å². The highest BCUT2D eigenvalue weighted by Crippen LogP contribution is 2.20. The Labute approximate surface area is 70.8 Å². The van der Waals surface area contributed by atoms with E-state index >= 15 is 0 Å². The average Bonchev–Trinajstić information content (AvgIpc) is 2.31. The number of hydrogen-bond acceptors (Lipinski definition) is 2. The van der Waals surface area contributed by atoms with E-state index in [1.807, 2.05) is 25.1 Å². The fourth-order valence-corrected chi connectivity index (χ4v) is 1.44. The van der Waals surface area contributed by atoms with Crippen molar-refractivity contribution >= 4 is 5.91 Å². The molecule has 1 amide bonds. The molecule has 0 saturated heterocycles. The fraction of sp³-hybridized carbons (Fsp3) is 0.222. The molecule has 0 saturated carbocycles. The van der Waals surface area contributed by atoms with E-state index in [4.69, 9.17) is 5.84 Å². The molecule has 0 bridgehead atoms. The van der Waals surface area contributed by atoms with Crippen LogP contribution < -0.4 is 5.84 Å². The van der Waals surface area contributed by atoms with Crippen molar-refractivity contribution in [3.8, 4) is 0 Å². The number of hydrazine groups is 1. The molecule has 0 unspecified atom stereocenters. The molecule has 1 heterocycles. The van der Waals surface area contributed by atoms with Gasteiger partial charge in [-0.15, -0.1) is 0 Å². The fourth-order valence-electron chi connectivity index (χ4n) is 1.44. The summed E-state index contributed by atoms with van der Waals surface area (Å²) in [6, 6.07) is 5.82. The lowest BCUT2D eigenvalue weighted by Crippen LogP contribution is -2.30. The number of amides is 1. The SMILES string of the molecule is Cc1ccc2c(c1)C(=O)N(N)C2. The number of carbonyl (C=O) groups is 1. The van der Waals surface area contributed by atoms with Crippen molar-refractivity contribution in [3.05, 3.63) is 34.9 Å². The molecule has 1 aliphatic rings. The number of hydrogen-bond donors (Lipinski definition) is 1. The van der Waals surface area contributed by atoms with E-state index < -0.39 is 0 Å². The van der Waals surface area contributed by atoms with Gasteiger partial charge in [-0.05, 0) is 18.6 Å². The summed E-state index contributed by atoms with van der Waals surface area (Å²) in [6.07, 6.45) is 0. The molecule has 0 aromatic heterocycles. The third-order valence-electron chi connectivity index (χ3n) is 2.10. The summed E-state index contributed by atoms with van der Waals surface area (Å²) in [5.41, 5.74) is 2.86. The zero-order chi connectivity index (χ0) is 8.72. The predicted octanol–water partition coefficient (Wildman–Crippen LogP) is 0.825. The summed E-state index contributed by atoms with van der Waals surface area (Å²) in [5, 5.41) is 1.24. The minimum Gasteiger partial charge on any atom is -0.272 e. The van der Waals surface area contributed by atoms with Gasteiger partial charge in [-0.3, -0.25) is 9.80 Å². The van der Waals surface area contributed by atoms with Crippen LogP contribution in [-0.2, 0) is 6.54 Å². The average molecular weight is 162 g/mol. The zero-order valence-corrected chi connectivity index (χ0v) is 6.87. The Balaban J connectivity index is 2.56. The first kappa shape index (κ1) is 7.31. The van der Waals surface area contributed by atoms with Gasteiger partial charge in [0.15, 0.2) is 0 Å². The Morgan fingerprint density at radius 2 is 2.25 bits per heavy atom. The molecule has 3 nitrogen and oxygen atoms in total. The standard InChI is InChI=1S/C9H10N2O/c1-6-2-3-7-5-11(10)9(12)8(7)4-6/h2-4H,5,10H2,1H3. The first-order chi connectivity index (χ1) is 5.68. The van der Waals surface area contributed by atoms with Gasteiger partial charge in [0.25, 0.3) is 5.91 Å². The number of aryl methyl sites for hydroxylation is 1. The molecule has 0 spiro atoms. The second kappa shape index (κ2) is 2.32. The third-order valence-corrected chi connectivity index (χ3v) is 2.10. The zero-order valence-electron chi connectivity index (χ0n) is 6.87. The van der Waals surface area contributed by atoms with Crippen molar-refractivity contribution in [2.75, 3.05) is 0 Å². The Morgan fingerprint density at radius 1 is 1.50 bits per heavy atom. The van der Waals surface area contributed by atoms with Crippen LogP contribution >= 0.6 is 0 Å². The van der Waals surface area contributed by atoms with Crippen LogP contribution in [0.3, 0.4) is 0 Å². The minimum atomic E-state index is -0.0753. The minimum absolute atomic E-state index is 0.0753. The highest BCUT2D eigenvalue weighted by Gasteiger charge is 2.24. The van der Waals surface area contributed by atoms with E-state index in [0.717, 1.165) is 16.7 Å². The van der Waals surface area contributed by atoms with Gasteiger partial charge in [0.05, 0.1) is 6.54 Å². The molecule has 3 heteroatoms. The lowest BCUT2D eigenvalue weighted by Gasteiger charge is -2.04. The van der Waals surface area contributed by atoms with Crippen LogP contribution in [0.4, 0.5) is 0 Å². The molecule has 0 radical (unpaired) electrons. The summed E-state index contributed by atoms with van der Waals surface area (Å²) in [4.78, 5) is 11.3. The van der Waals surface area contributed by atoms with Crippen LogP contribution in [0.5, 0.6) is 0 Å². The maximum atomic E-state index is 11.3. The van der Waals surface area contributed by atoms with Gasteiger partial charge >= 0.3 is 0 Å². The summed E-state index contributed by atoms with van der Waals surface area (Å²) in [7, 11) is 0. The first-order valence-electron chi connectivity index (χ1n) is 3.84. The number of benzene rings is 1. The Kier molecular flexibility index (Phi) is 1.41. The molecule has 1 aromatic carbocycles. The normalized spacial score (nSPS) is 15.2. The van der Waals surface area contributed by atoms with Crippen molar-refractivity contribution in [2.24, 2.45) is 5.84 Å². The Morgan fingerprint density at radius 3 is 3.00 bits per heavy atom. The van der Waals surface area contributed by atoms with Gasteiger partial charge in [0.2, 0.25) is 0 Å². The summed E-state index contributed by atoms with van der Waals surface area (Å²) in [5.74, 6) is 5.39. The number of carbonyl (C=O) groups excluding carboxylic acids is 1. The van der Waals surface area contributed by atoms with Crippen molar-refractivity contribution in [1.29, 1.82) is 0 Å². The monoisotopic (exact) mass is 162 g/mol. The second-order valence-corrected chi connectivity index (χ2v) is 3.09. The second-order valence-electron chi connectivity index (χ2n) is 3.09. The number of fused-ring (bicyclic) bond motifs is 1. The molecule has 2 N–H and O–H groups in total. The van der Waals surface area contributed by atoms with Gasteiger partial charge in [-0.2, -0.15) is 0 Å². The maximum Gasteiger partial charge on any atom is 0.268 e. The quantitative estimate of drug-likeness (QED) is 0.453. The molecule has 0 atom stereocenters. The van der Waals surface area contributed by atoms with E-state index in [9.17, 15) is 4.79 Å². The van der Waals surface area contributed by atoms with E-state index in [1.165, 1.54) is 5.01 Å². The summed E-state index contributed by atoms with van der Waals surface area (Å²) >= 11 is 0. The van der Waals surface area contributed by atoms with Crippen molar-refractivity contribution in [2.45, 2.75) is 13.5 Å². The molecule has 1 aliphatic heterocycles. The van der Waals surface area contributed by atoms with Crippen LogP contribution in [0.15, 0.2) is 18.2 Å². The third kappa shape index (κ3) is 0.905. The largest absolute Gasteiger partial charge is 0.272 e. The smallest absolute Gasteiger partial charge is 0.268 e. The summed E-state index contributed by atoms with van der Waals surface area (Å²) in [6.45, 7) is 2.50. The van der Waals surface area contributed by atoms with Crippen molar-refractivity contribution in [3.63, 3.8) is 0 Å². The molecule has 0 aliphatic carbocycles. The van der Waals surface area contributed by atoms with Crippen molar-refractivity contribution < 1.29 is 4.79 Å². The van der Waals surface area contributed by atoms with Gasteiger partial charge in [-0.25, -0.2) is 5.84 Å². The van der Waals surface area contributed by atoms with E-state index in [2.05, 4.69) is 0 Å². The van der Waals surface area contributed by atoms with Crippen molar-refractivity contribution in [1.82, 2.24) is 5.01 Å². The number of rotatable bonds is 0.